The molecule has 1 amide bonds. The smallest absolute Gasteiger partial charge is 0.267 e. The molecular formula is C22H15Cl2N3O2. The normalized spacial score (nSPS) is 10.8. The van der Waals surface area contributed by atoms with E-state index in [2.05, 4.69) is 10.4 Å². The quantitative estimate of drug-likeness (QED) is 0.501. The number of benzene rings is 3. The van der Waals surface area contributed by atoms with E-state index in [0.717, 1.165) is 21.0 Å². The standard InChI is InChI=1S/C22H15Cl2N3O2/c23-17-9-4-10-19(22(17)24)25-20(28)13-27-21(29)12-11-18(26-27)16-8-3-6-14-5-1-2-7-15(14)16/h1-12H,13H2,(H,25,28). The molecule has 0 fully saturated rings. The van der Waals surface area contributed by atoms with Gasteiger partial charge in [-0.1, -0.05) is 71.7 Å². The van der Waals surface area contributed by atoms with Crippen molar-refractivity contribution < 1.29 is 4.79 Å². The first kappa shape index (κ1) is 19.2. The first-order valence-corrected chi connectivity index (χ1v) is 9.59. The summed E-state index contributed by atoms with van der Waals surface area (Å²) in [5.41, 5.74) is 1.49. The molecule has 1 N–H and O–H groups in total. The average Bonchev–Trinajstić information content (AvgIpc) is 2.73. The highest BCUT2D eigenvalue weighted by molar-refractivity contribution is 6.43. The Bertz CT molecular complexity index is 1280. The van der Waals surface area contributed by atoms with Crippen molar-refractivity contribution in [3.05, 3.63) is 93.2 Å². The van der Waals surface area contributed by atoms with Crippen molar-refractivity contribution in [2.75, 3.05) is 5.32 Å². The average molecular weight is 424 g/mol. The first-order valence-electron chi connectivity index (χ1n) is 8.83. The Morgan fingerprint density at radius 1 is 0.931 bits per heavy atom. The van der Waals surface area contributed by atoms with Gasteiger partial charge in [0.05, 0.1) is 21.4 Å². The number of fused-ring (bicyclic) bond motifs is 1. The molecule has 7 heteroatoms. The van der Waals surface area contributed by atoms with Crippen molar-refractivity contribution >= 4 is 45.6 Å². The van der Waals surface area contributed by atoms with Crippen LogP contribution in [0.15, 0.2) is 77.6 Å². The molecule has 4 rings (SSSR count). The minimum atomic E-state index is -0.432. The molecule has 0 atom stereocenters. The molecule has 0 aliphatic carbocycles. The van der Waals surface area contributed by atoms with Crippen molar-refractivity contribution in [2.24, 2.45) is 0 Å². The second-order valence-electron chi connectivity index (χ2n) is 6.39. The van der Waals surface area contributed by atoms with E-state index in [-0.39, 0.29) is 17.1 Å². The van der Waals surface area contributed by atoms with Crippen LogP contribution in [0.25, 0.3) is 22.0 Å². The molecule has 0 bridgehead atoms. The maximum absolute atomic E-state index is 12.4. The summed E-state index contributed by atoms with van der Waals surface area (Å²) in [5.74, 6) is -0.432. The fourth-order valence-corrected chi connectivity index (χ4v) is 3.43. The van der Waals surface area contributed by atoms with Gasteiger partial charge in [0.1, 0.15) is 6.54 Å². The highest BCUT2D eigenvalue weighted by atomic mass is 35.5. The lowest BCUT2D eigenvalue weighted by Gasteiger charge is -2.11. The van der Waals surface area contributed by atoms with Crippen LogP contribution in [0.2, 0.25) is 10.0 Å². The zero-order chi connectivity index (χ0) is 20.4. The molecule has 3 aromatic carbocycles. The van der Waals surface area contributed by atoms with E-state index in [0.29, 0.717) is 16.4 Å². The lowest BCUT2D eigenvalue weighted by molar-refractivity contribution is -0.117. The van der Waals surface area contributed by atoms with Crippen LogP contribution in [0.1, 0.15) is 0 Å². The number of aromatic nitrogens is 2. The molecule has 29 heavy (non-hydrogen) atoms. The van der Waals surface area contributed by atoms with Gasteiger partial charge in [0.15, 0.2) is 0 Å². The number of carbonyl (C=O) groups excluding carboxylic acids is 1. The predicted octanol–water partition coefficient (Wildman–Crippen LogP) is 5.01. The van der Waals surface area contributed by atoms with Crippen molar-refractivity contribution in [3.63, 3.8) is 0 Å². The van der Waals surface area contributed by atoms with Gasteiger partial charge in [-0.25, -0.2) is 4.68 Å². The summed E-state index contributed by atoms with van der Waals surface area (Å²) in [6.45, 7) is -0.250. The molecule has 0 saturated carbocycles. The minimum absolute atomic E-state index is 0.243. The van der Waals surface area contributed by atoms with E-state index in [4.69, 9.17) is 23.2 Å². The number of anilines is 1. The number of hydrogen-bond acceptors (Lipinski definition) is 3. The second-order valence-corrected chi connectivity index (χ2v) is 7.18. The summed E-state index contributed by atoms with van der Waals surface area (Å²) in [5, 5.41) is 9.72. The van der Waals surface area contributed by atoms with Gasteiger partial charge >= 0.3 is 0 Å². The van der Waals surface area contributed by atoms with Crippen LogP contribution in [0, 0.1) is 0 Å². The largest absolute Gasteiger partial charge is 0.323 e. The maximum Gasteiger partial charge on any atom is 0.267 e. The van der Waals surface area contributed by atoms with Gasteiger partial charge in [0, 0.05) is 11.6 Å². The summed E-state index contributed by atoms with van der Waals surface area (Å²) in [4.78, 5) is 24.7. The van der Waals surface area contributed by atoms with E-state index < -0.39 is 5.91 Å². The van der Waals surface area contributed by atoms with Crippen molar-refractivity contribution in [2.45, 2.75) is 6.54 Å². The SMILES string of the molecule is O=C(Cn1nc(-c2cccc3ccccc23)ccc1=O)Nc1cccc(Cl)c1Cl. The highest BCUT2D eigenvalue weighted by Gasteiger charge is 2.12. The van der Waals surface area contributed by atoms with E-state index >= 15 is 0 Å². The molecular weight excluding hydrogens is 409 g/mol. The lowest BCUT2D eigenvalue weighted by atomic mass is 10.0. The molecule has 0 saturated heterocycles. The number of halogens is 2. The molecule has 1 heterocycles. The molecule has 0 aliphatic rings. The number of rotatable bonds is 4. The van der Waals surface area contributed by atoms with Gasteiger partial charge in [-0.2, -0.15) is 5.10 Å². The zero-order valence-corrected chi connectivity index (χ0v) is 16.6. The van der Waals surface area contributed by atoms with Gasteiger partial charge in [0.25, 0.3) is 5.56 Å². The maximum atomic E-state index is 12.4. The Labute approximate surface area is 176 Å². The summed E-state index contributed by atoms with van der Waals surface area (Å²) < 4.78 is 1.13. The van der Waals surface area contributed by atoms with Crippen molar-refractivity contribution in [1.29, 1.82) is 0 Å². The predicted molar refractivity (Wildman–Crippen MR) is 117 cm³/mol. The molecule has 0 aliphatic heterocycles. The molecule has 5 nitrogen and oxygen atoms in total. The monoisotopic (exact) mass is 423 g/mol. The van der Waals surface area contributed by atoms with E-state index in [9.17, 15) is 9.59 Å². The molecule has 0 radical (unpaired) electrons. The number of hydrogen-bond donors (Lipinski definition) is 1. The van der Waals surface area contributed by atoms with Gasteiger partial charge in [-0.3, -0.25) is 9.59 Å². The van der Waals surface area contributed by atoms with E-state index in [1.165, 1.54) is 6.07 Å². The van der Waals surface area contributed by atoms with Gasteiger partial charge < -0.3 is 5.32 Å². The Morgan fingerprint density at radius 2 is 1.69 bits per heavy atom. The topological polar surface area (TPSA) is 64.0 Å². The van der Waals surface area contributed by atoms with Crippen LogP contribution >= 0.6 is 23.2 Å². The number of nitrogens with zero attached hydrogens (tertiary/aromatic N) is 2. The Morgan fingerprint density at radius 3 is 2.55 bits per heavy atom. The molecule has 0 spiro atoms. The van der Waals surface area contributed by atoms with Crippen LogP contribution in [-0.2, 0) is 11.3 Å². The fourth-order valence-electron chi connectivity index (χ4n) is 3.08. The van der Waals surface area contributed by atoms with E-state index in [1.54, 1.807) is 24.3 Å². The van der Waals surface area contributed by atoms with Gasteiger partial charge in [0.2, 0.25) is 5.91 Å². The van der Waals surface area contributed by atoms with Gasteiger partial charge in [-0.15, -0.1) is 0 Å². The summed E-state index contributed by atoms with van der Waals surface area (Å²) >= 11 is 12.1. The van der Waals surface area contributed by atoms with E-state index in [1.807, 2.05) is 42.5 Å². The minimum Gasteiger partial charge on any atom is -0.323 e. The summed E-state index contributed by atoms with van der Waals surface area (Å²) in [6.07, 6.45) is 0. The Balaban J connectivity index is 1.64. The van der Waals surface area contributed by atoms with Gasteiger partial charge in [-0.05, 0) is 29.0 Å². The van der Waals surface area contributed by atoms with Crippen LogP contribution in [0.5, 0.6) is 0 Å². The van der Waals surface area contributed by atoms with Crippen LogP contribution in [0.4, 0.5) is 5.69 Å². The first-order chi connectivity index (χ1) is 14.0. The zero-order valence-electron chi connectivity index (χ0n) is 15.1. The molecule has 4 aromatic rings. The second kappa shape index (κ2) is 8.07. The number of nitrogens with one attached hydrogen (secondary N) is 1. The van der Waals surface area contributed by atoms with Crippen molar-refractivity contribution in [1.82, 2.24) is 9.78 Å². The third-order valence-electron chi connectivity index (χ3n) is 4.45. The molecule has 144 valence electrons. The van der Waals surface area contributed by atoms with Crippen LogP contribution in [-0.4, -0.2) is 15.7 Å². The third-order valence-corrected chi connectivity index (χ3v) is 5.27. The highest BCUT2D eigenvalue weighted by Crippen LogP contribution is 2.29. The molecule has 1 aromatic heterocycles. The Kier molecular flexibility index (Phi) is 5.34. The van der Waals surface area contributed by atoms with Crippen molar-refractivity contribution in [3.8, 4) is 11.3 Å². The molecule has 0 unspecified atom stereocenters. The summed E-state index contributed by atoms with van der Waals surface area (Å²) in [6, 6.07) is 21.8. The van der Waals surface area contributed by atoms with Crippen LogP contribution < -0.4 is 10.9 Å². The van der Waals surface area contributed by atoms with Crippen LogP contribution in [0.3, 0.4) is 0 Å². The lowest BCUT2D eigenvalue weighted by Crippen LogP contribution is -2.29. The number of carbonyl (C=O) groups is 1. The fraction of sp³-hybridized carbons (Fsp3) is 0.0455. The summed E-state index contributed by atoms with van der Waals surface area (Å²) in [7, 11) is 0. The third kappa shape index (κ3) is 4.01. The Hall–Kier alpha value is -3.15. The number of amides is 1.